The number of nitrogens with one attached hydrogen (secondary N) is 1. The first-order valence-electron chi connectivity index (χ1n) is 12.7. The molecule has 0 bridgehead atoms. The maximum Gasteiger partial charge on any atom is 0.220 e. The number of allylic oxidation sites excluding steroid dienone is 2. The van der Waals surface area contributed by atoms with Crippen molar-refractivity contribution in [3.05, 3.63) is 11.4 Å². The van der Waals surface area contributed by atoms with Crippen LogP contribution in [0.15, 0.2) is 11.4 Å². The molecule has 0 heterocycles. The molecule has 2 rings (SSSR count). The Morgan fingerprint density at radius 2 is 1.82 bits per heavy atom. The summed E-state index contributed by atoms with van der Waals surface area (Å²) >= 11 is 0. The van der Waals surface area contributed by atoms with Crippen LogP contribution >= 0.6 is 0 Å². The third-order valence-electron chi connectivity index (χ3n) is 7.86. The van der Waals surface area contributed by atoms with Crippen molar-refractivity contribution in [1.29, 1.82) is 0 Å². The molecule has 7 N–H and O–H groups in total. The van der Waals surface area contributed by atoms with Crippen LogP contribution in [0.4, 0.5) is 0 Å². The topological polar surface area (TPSA) is 129 Å². The first-order chi connectivity index (χ1) is 15.5. The minimum absolute atomic E-state index is 0.0197. The molecule has 8 heteroatoms. The Kier molecular flexibility index (Phi) is 10.5. The fraction of sp³-hybridized carbons (Fsp3) is 0.880. The zero-order chi connectivity index (χ0) is 24.8. The molecule has 0 spiro atoms. The van der Waals surface area contributed by atoms with E-state index in [1.165, 1.54) is 0 Å². The highest BCUT2D eigenvalue weighted by Crippen LogP contribution is 2.53. The standard InChI is InChI=1S/C25H49N5O3/c1-16(2)18(4)29-24(31)12-7-17(3)32-14-13-25(5,6)30(27)23-11-9-20-19(8-10-22(23)26)21(20)15-33-28/h16-21H,7-15,26-28H2,1-6H3,(H,29,31)/b23-22-. The number of hydrazine groups is 1. The maximum atomic E-state index is 12.1. The molecule has 5 unspecified atom stereocenters. The first-order valence-corrected chi connectivity index (χ1v) is 12.7. The summed E-state index contributed by atoms with van der Waals surface area (Å²) in [7, 11) is 0. The second-order valence-electron chi connectivity index (χ2n) is 11.1. The number of rotatable bonds is 13. The molecule has 192 valence electrons. The third kappa shape index (κ3) is 8.12. The number of carbonyl (C=O) groups is 1. The Balaban J connectivity index is 1.77. The van der Waals surface area contributed by atoms with Gasteiger partial charge in [0.05, 0.1) is 18.2 Å². The van der Waals surface area contributed by atoms with Crippen molar-refractivity contribution in [1.82, 2.24) is 10.3 Å². The third-order valence-corrected chi connectivity index (χ3v) is 7.86. The average Bonchev–Trinajstić information content (AvgIpc) is 3.39. The highest BCUT2D eigenvalue weighted by Gasteiger charge is 2.49. The molecule has 1 fully saturated rings. The Hall–Kier alpha value is -1.35. The van der Waals surface area contributed by atoms with E-state index in [9.17, 15) is 4.79 Å². The predicted octanol–water partition coefficient (Wildman–Crippen LogP) is 3.17. The molecular formula is C25H49N5O3. The van der Waals surface area contributed by atoms with E-state index >= 15 is 0 Å². The smallest absolute Gasteiger partial charge is 0.220 e. The molecule has 2 aliphatic carbocycles. The number of fused-ring (bicyclic) bond motifs is 1. The quantitative estimate of drug-likeness (QED) is 0.242. The predicted molar refractivity (Wildman–Crippen MR) is 132 cm³/mol. The summed E-state index contributed by atoms with van der Waals surface area (Å²) in [4.78, 5) is 17.0. The van der Waals surface area contributed by atoms with Crippen LogP contribution in [0.5, 0.6) is 0 Å². The number of hydrogen-bond acceptors (Lipinski definition) is 7. The van der Waals surface area contributed by atoms with Crippen LogP contribution in [0, 0.1) is 23.7 Å². The van der Waals surface area contributed by atoms with Crippen molar-refractivity contribution in [3.8, 4) is 0 Å². The summed E-state index contributed by atoms with van der Waals surface area (Å²) in [6.07, 6.45) is 5.88. The van der Waals surface area contributed by atoms with E-state index in [0.717, 1.165) is 43.5 Å². The van der Waals surface area contributed by atoms with Gasteiger partial charge < -0.3 is 25.6 Å². The van der Waals surface area contributed by atoms with E-state index in [1.54, 1.807) is 0 Å². The van der Waals surface area contributed by atoms with E-state index in [0.29, 0.717) is 49.7 Å². The van der Waals surface area contributed by atoms with Crippen LogP contribution in [0.1, 0.15) is 86.5 Å². The fourth-order valence-electron chi connectivity index (χ4n) is 4.85. The lowest BCUT2D eigenvalue weighted by molar-refractivity contribution is -0.122. The van der Waals surface area contributed by atoms with Gasteiger partial charge in [-0.2, -0.15) is 0 Å². The van der Waals surface area contributed by atoms with Gasteiger partial charge in [0.15, 0.2) is 0 Å². The largest absolute Gasteiger partial charge is 0.401 e. The van der Waals surface area contributed by atoms with Crippen molar-refractivity contribution in [2.45, 2.75) is 104 Å². The van der Waals surface area contributed by atoms with Gasteiger partial charge in [-0.3, -0.25) is 4.79 Å². The molecule has 33 heavy (non-hydrogen) atoms. The van der Waals surface area contributed by atoms with Gasteiger partial charge in [-0.25, -0.2) is 11.7 Å². The number of carbonyl (C=O) groups excluding carboxylic acids is 1. The van der Waals surface area contributed by atoms with Crippen LogP contribution in [-0.4, -0.2) is 41.8 Å². The number of ether oxygens (including phenoxy) is 1. The number of amides is 1. The summed E-state index contributed by atoms with van der Waals surface area (Å²) in [5, 5.41) is 4.92. The molecule has 0 aromatic rings. The maximum absolute atomic E-state index is 12.1. The Bertz CT molecular complexity index is 666. The lowest BCUT2D eigenvalue weighted by atomic mass is 9.95. The van der Waals surface area contributed by atoms with Gasteiger partial charge in [-0.05, 0) is 89.9 Å². The van der Waals surface area contributed by atoms with Crippen molar-refractivity contribution >= 4 is 5.91 Å². The molecule has 0 aromatic heterocycles. The second kappa shape index (κ2) is 12.4. The van der Waals surface area contributed by atoms with Gasteiger partial charge in [0.2, 0.25) is 5.91 Å². The zero-order valence-corrected chi connectivity index (χ0v) is 21.7. The molecule has 5 atom stereocenters. The van der Waals surface area contributed by atoms with Gasteiger partial charge >= 0.3 is 0 Å². The van der Waals surface area contributed by atoms with Gasteiger partial charge in [0, 0.05) is 30.5 Å². The number of nitrogens with zero attached hydrogens (tertiary/aromatic N) is 1. The Morgan fingerprint density at radius 1 is 1.18 bits per heavy atom. The van der Waals surface area contributed by atoms with Crippen molar-refractivity contribution in [2.24, 2.45) is 41.1 Å². The number of hydrogen-bond donors (Lipinski definition) is 4. The minimum atomic E-state index is -0.286. The Labute approximate surface area is 200 Å². The van der Waals surface area contributed by atoms with Crippen molar-refractivity contribution in [3.63, 3.8) is 0 Å². The fourth-order valence-corrected chi connectivity index (χ4v) is 4.85. The van der Waals surface area contributed by atoms with Gasteiger partial charge in [0.25, 0.3) is 0 Å². The lowest BCUT2D eigenvalue weighted by Gasteiger charge is -2.39. The molecule has 1 saturated carbocycles. The van der Waals surface area contributed by atoms with E-state index in [1.807, 2.05) is 18.9 Å². The van der Waals surface area contributed by atoms with Crippen molar-refractivity contribution < 1.29 is 14.4 Å². The highest BCUT2D eigenvalue weighted by molar-refractivity contribution is 5.76. The minimum Gasteiger partial charge on any atom is -0.401 e. The van der Waals surface area contributed by atoms with E-state index in [2.05, 4.69) is 33.0 Å². The van der Waals surface area contributed by atoms with Gasteiger partial charge in [-0.15, -0.1) is 0 Å². The summed E-state index contributed by atoms with van der Waals surface area (Å²) in [6.45, 7) is 13.8. The molecule has 0 aliphatic heterocycles. The van der Waals surface area contributed by atoms with Crippen LogP contribution < -0.4 is 22.8 Å². The molecular weight excluding hydrogens is 418 g/mol. The van der Waals surface area contributed by atoms with Gasteiger partial charge in [0.1, 0.15) is 0 Å². The van der Waals surface area contributed by atoms with Crippen molar-refractivity contribution in [2.75, 3.05) is 13.2 Å². The van der Waals surface area contributed by atoms with E-state index in [4.69, 9.17) is 27.0 Å². The average molecular weight is 468 g/mol. The molecule has 1 amide bonds. The van der Waals surface area contributed by atoms with Crippen LogP contribution in [-0.2, 0) is 14.4 Å². The molecule has 0 aromatic carbocycles. The lowest BCUT2D eigenvalue weighted by Crippen LogP contribution is -2.49. The number of nitrogens with two attached hydrogens (primary N) is 3. The van der Waals surface area contributed by atoms with E-state index < -0.39 is 0 Å². The highest BCUT2D eigenvalue weighted by atomic mass is 16.6. The summed E-state index contributed by atoms with van der Waals surface area (Å²) in [6, 6.07) is 0.186. The summed E-state index contributed by atoms with van der Waals surface area (Å²) in [5.74, 6) is 14.3. The van der Waals surface area contributed by atoms with E-state index in [-0.39, 0.29) is 23.6 Å². The monoisotopic (exact) mass is 467 g/mol. The van der Waals surface area contributed by atoms with Crippen LogP contribution in [0.2, 0.25) is 0 Å². The molecule has 0 saturated heterocycles. The molecule has 0 radical (unpaired) electrons. The van der Waals surface area contributed by atoms with Gasteiger partial charge in [-0.1, -0.05) is 13.8 Å². The molecule has 2 aliphatic rings. The summed E-state index contributed by atoms with van der Waals surface area (Å²) < 4.78 is 6.02. The second-order valence-corrected chi connectivity index (χ2v) is 11.1. The Morgan fingerprint density at radius 3 is 2.42 bits per heavy atom. The SMILES string of the molecule is CC(CCC(=O)NC(C)C(C)C)OCCC(C)(C)N(N)/C1=C(\N)CCC2C(CC1)C2CON. The van der Waals surface area contributed by atoms with Crippen LogP contribution in [0.3, 0.4) is 0 Å². The summed E-state index contributed by atoms with van der Waals surface area (Å²) in [5.41, 5.74) is 8.15. The first kappa shape index (κ1) is 27.9. The van der Waals surface area contributed by atoms with Crippen LogP contribution in [0.25, 0.3) is 0 Å². The zero-order valence-electron chi connectivity index (χ0n) is 21.7. The normalized spacial score (nSPS) is 27.4. The molecule has 8 nitrogen and oxygen atoms in total.